The van der Waals surface area contributed by atoms with E-state index in [1.165, 1.54) is 6.92 Å². The number of hydrogen-bond donors (Lipinski definition) is 2. The molecule has 1 saturated heterocycles. The van der Waals surface area contributed by atoms with Crippen molar-refractivity contribution >= 4 is 11.6 Å². The fraction of sp³-hybridized carbons (Fsp3) is 0.533. The normalized spacial score (nSPS) is 18.8. The summed E-state index contributed by atoms with van der Waals surface area (Å²) in [5.74, 6) is -0.101. The van der Waals surface area contributed by atoms with E-state index in [4.69, 9.17) is 0 Å². The summed E-state index contributed by atoms with van der Waals surface area (Å²) < 4.78 is 0. The quantitative estimate of drug-likeness (QED) is 0.859. The van der Waals surface area contributed by atoms with Crippen LogP contribution in [0.1, 0.15) is 18.6 Å². The van der Waals surface area contributed by atoms with Gasteiger partial charge < -0.3 is 15.3 Å². The van der Waals surface area contributed by atoms with Gasteiger partial charge in [0.25, 0.3) is 0 Å². The van der Waals surface area contributed by atoms with Crippen LogP contribution in [0.3, 0.4) is 0 Å². The van der Waals surface area contributed by atoms with Gasteiger partial charge in [-0.05, 0) is 24.7 Å². The zero-order chi connectivity index (χ0) is 14.5. The third-order valence-electron chi connectivity index (χ3n) is 3.62. The molecule has 1 amide bonds. The van der Waals surface area contributed by atoms with Gasteiger partial charge in [-0.15, -0.1) is 0 Å². The van der Waals surface area contributed by atoms with Crippen molar-refractivity contribution in [1.29, 1.82) is 0 Å². The number of amides is 1. The van der Waals surface area contributed by atoms with E-state index >= 15 is 0 Å². The Hall–Kier alpha value is -1.43. The molecule has 5 nitrogen and oxygen atoms in total. The van der Waals surface area contributed by atoms with Crippen molar-refractivity contribution in [3.63, 3.8) is 0 Å². The third-order valence-corrected chi connectivity index (χ3v) is 3.62. The van der Waals surface area contributed by atoms with Crippen LogP contribution < -0.4 is 5.32 Å². The van der Waals surface area contributed by atoms with E-state index in [0.717, 1.165) is 37.4 Å². The average Bonchev–Trinajstić information content (AvgIpc) is 2.41. The number of carbonyl (C=O) groups is 1. The zero-order valence-electron chi connectivity index (χ0n) is 12.2. The Morgan fingerprint density at radius 3 is 2.70 bits per heavy atom. The lowest BCUT2D eigenvalue weighted by atomic mass is 10.1. The molecular formula is C15H23N3O2. The van der Waals surface area contributed by atoms with E-state index in [9.17, 15) is 9.90 Å². The largest absolute Gasteiger partial charge is 0.387 e. The van der Waals surface area contributed by atoms with Gasteiger partial charge in [0.2, 0.25) is 5.91 Å². The summed E-state index contributed by atoms with van der Waals surface area (Å²) >= 11 is 0. The number of anilines is 1. The summed E-state index contributed by atoms with van der Waals surface area (Å²) in [5, 5.41) is 13.1. The van der Waals surface area contributed by atoms with E-state index < -0.39 is 6.10 Å². The highest BCUT2D eigenvalue weighted by Gasteiger charge is 2.18. The van der Waals surface area contributed by atoms with Gasteiger partial charge >= 0.3 is 0 Å². The first kappa shape index (κ1) is 15.0. The predicted molar refractivity (Wildman–Crippen MR) is 79.6 cm³/mol. The van der Waals surface area contributed by atoms with Crippen LogP contribution in [-0.4, -0.2) is 60.6 Å². The molecule has 1 aromatic carbocycles. The highest BCUT2D eigenvalue weighted by molar-refractivity contribution is 5.88. The maximum Gasteiger partial charge on any atom is 0.221 e. The van der Waals surface area contributed by atoms with Crippen LogP contribution in [0.25, 0.3) is 0 Å². The van der Waals surface area contributed by atoms with E-state index in [0.29, 0.717) is 6.54 Å². The second kappa shape index (κ2) is 6.83. The molecule has 1 atom stereocenters. The van der Waals surface area contributed by atoms with Gasteiger partial charge in [-0.3, -0.25) is 9.69 Å². The molecule has 0 aromatic heterocycles. The molecule has 0 aliphatic carbocycles. The van der Waals surface area contributed by atoms with E-state index in [1.54, 1.807) is 0 Å². The fourth-order valence-corrected chi connectivity index (χ4v) is 2.41. The molecule has 2 rings (SSSR count). The number of hydrogen-bond acceptors (Lipinski definition) is 4. The summed E-state index contributed by atoms with van der Waals surface area (Å²) in [6, 6.07) is 7.41. The standard InChI is InChI=1S/C15H23N3O2/c1-12(19)16-14-5-3-4-13(10-14)15(20)11-18-8-6-17(2)7-9-18/h3-5,10,15,20H,6-9,11H2,1-2H3,(H,16,19). The lowest BCUT2D eigenvalue weighted by Gasteiger charge is -2.33. The van der Waals surface area contributed by atoms with Gasteiger partial charge in [-0.2, -0.15) is 0 Å². The molecule has 1 aliphatic rings. The maximum atomic E-state index is 11.1. The summed E-state index contributed by atoms with van der Waals surface area (Å²) in [6.45, 7) is 6.17. The average molecular weight is 277 g/mol. The van der Waals surface area contributed by atoms with Crippen LogP contribution in [0.2, 0.25) is 0 Å². The molecule has 1 heterocycles. The van der Waals surface area contributed by atoms with Gasteiger partial charge in [-0.25, -0.2) is 0 Å². The summed E-state index contributed by atoms with van der Waals surface area (Å²) in [6.07, 6.45) is -0.521. The summed E-state index contributed by atoms with van der Waals surface area (Å²) in [7, 11) is 2.12. The Bertz CT molecular complexity index is 456. The number of benzene rings is 1. The zero-order valence-corrected chi connectivity index (χ0v) is 12.2. The van der Waals surface area contributed by atoms with Gasteiger partial charge in [-0.1, -0.05) is 12.1 Å². The maximum absolute atomic E-state index is 11.1. The molecule has 0 bridgehead atoms. The third kappa shape index (κ3) is 4.30. The SMILES string of the molecule is CC(=O)Nc1cccc(C(O)CN2CCN(C)CC2)c1. The number of nitrogens with one attached hydrogen (secondary N) is 1. The Morgan fingerprint density at radius 1 is 1.35 bits per heavy atom. The first-order valence-corrected chi connectivity index (χ1v) is 7.01. The topological polar surface area (TPSA) is 55.8 Å². The number of nitrogens with zero attached hydrogens (tertiary/aromatic N) is 2. The van der Waals surface area contributed by atoms with Crippen LogP contribution in [0.15, 0.2) is 24.3 Å². The van der Waals surface area contributed by atoms with Crippen LogP contribution in [0.5, 0.6) is 0 Å². The van der Waals surface area contributed by atoms with Gasteiger partial charge in [0.05, 0.1) is 6.10 Å². The van der Waals surface area contributed by atoms with Crippen LogP contribution in [0.4, 0.5) is 5.69 Å². The molecule has 1 unspecified atom stereocenters. The van der Waals surface area contributed by atoms with Crippen molar-refractivity contribution in [3.8, 4) is 0 Å². The molecule has 5 heteroatoms. The number of piperazine rings is 1. The number of aliphatic hydroxyl groups is 1. The van der Waals surface area contributed by atoms with Gasteiger partial charge in [0, 0.05) is 45.3 Å². The molecule has 2 N–H and O–H groups in total. The fourth-order valence-electron chi connectivity index (χ4n) is 2.41. The van der Waals surface area contributed by atoms with Gasteiger partial charge in [0.1, 0.15) is 0 Å². The van der Waals surface area contributed by atoms with E-state index in [-0.39, 0.29) is 5.91 Å². The highest BCUT2D eigenvalue weighted by Crippen LogP contribution is 2.19. The van der Waals surface area contributed by atoms with E-state index in [2.05, 4.69) is 22.2 Å². The van der Waals surface area contributed by atoms with Crippen molar-refractivity contribution in [2.75, 3.05) is 45.1 Å². The number of rotatable bonds is 4. The van der Waals surface area contributed by atoms with Crippen molar-refractivity contribution in [1.82, 2.24) is 9.80 Å². The minimum Gasteiger partial charge on any atom is -0.387 e. The molecule has 1 aliphatic heterocycles. The number of likely N-dealkylation sites (N-methyl/N-ethyl adjacent to an activating group) is 1. The molecule has 1 aromatic rings. The molecule has 110 valence electrons. The molecule has 1 fully saturated rings. The van der Waals surface area contributed by atoms with Crippen LogP contribution >= 0.6 is 0 Å². The van der Waals surface area contributed by atoms with Crippen molar-refractivity contribution in [3.05, 3.63) is 29.8 Å². The minimum atomic E-state index is -0.521. The monoisotopic (exact) mass is 277 g/mol. The number of aliphatic hydroxyl groups excluding tert-OH is 1. The minimum absolute atomic E-state index is 0.101. The second-order valence-electron chi connectivity index (χ2n) is 5.43. The Balaban J connectivity index is 1.94. The van der Waals surface area contributed by atoms with Crippen LogP contribution in [-0.2, 0) is 4.79 Å². The van der Waals surface area contributed by atoms with Crippen molar-refractivity contribution in [2.24, 2.45) is 0 Å². The van der Waals surface area contributed by atoms with Crippen molar-refractivity contribution in [2.45, 2.75) is 13.0 Å². The summed E-state index contributed by atoms with van der Waals surface area (Å²) in [4.78, 5) is 15.6. The predicted octanol–water partition coefficient (Wildman–Crippen LogP) is 0.926. The Labute approximate surface area is 120 Å². The van der Waals surface area contributed by atoms with Gasteiger partial charge in [0.15, 0.2) is 0 Å². The second-order valence-corrected chi connectivity index (χ2v) is 5.43. The lowest BCUT2D eigenvalue weighted by molar-refractivity contribution is -0.114. The molecule has 20 heavy (non-hydrogen) atoms. The smallest absolute Gasteiger partial charge is 0.221 e. The number of β-amino-alcohol motifs (C(OH)–C–C–N with tert-alkyl or cyclic N) is 1. The molecule has 0 spiro atoms. The molecular weight excluding hydrogens is 254 g/mol. The molecule has 0 saturated carbocycles. The lowest BCUT2D eigenvalue weighted by Crippen LogP contribution is -2.45. The molecule has 0 radical (unpaired) electrons. The first-order chi connectivity index (χ1) is 9.54. The number of carbonyl (C=O) groups excluding carboxylic acids is 1. The van der Waals surface area contributed by atoms with Crippen LogP contribution in [0, 0.1) is 0 Å². The summed E-state index contributed by atoms with van der Waals surface area (Å²) in [5.41, 5.74) is 1.57. The van der Waals surface area contributed by atoms with E-state index in [1.807, 2.05) is 24.3 Å². The van der Waals surface area contributed by atoms with Crippen molar-refractivity contribution < 1.29 is 9.90 Å². The Morgan fingerprint density at radius 2 is 2.05 bits per heavy atom. The first-order valence-electron chi connectivity index (χ1n) is 7.01. The Kier molecular flexibility index (Phi) is 5.11. The highest BCUT2D eigenvalue weighted by atomic mass is 16.3.